The van der Waals surface area contributed by atoms with Crippen LogP contribution in [0.25, 0.3) is 0 Å². The normalized spacial score (nSPS) is 15.3. The van der Waals surface area contributed by atoms with Gasteiger partial charge in [-0.15, -0.1) is 4.40 Å². The van der Waals surface area contributed by atoms with Crippen molar-refractivity contribution in [2.75, 3.05) is 6.54 Å². The zero-order chi connectivity index (χ0) is 16.4. The fourth-order valence-electron chi connectivity index (χ4n) is 2.46. The van der Waals surface area contributed by atoms with E-state index in [0.29, 0.717) is 22.8 Å². The van der Waals surface area contributed by atoms with E-state index in [9.17, 15) is 8.42 Å². The van der Waals surface area contributed by atoms with E-state index in [2.05, 4.69) is 43.6 Å². The van der Waals surface area contributed by atoms with Gasteiger partial charge in [0.2, 0.25) is 0 Å². The second kappa shape index (κ2) is 6.70. The fraction of sp³-hybridized carbons (Fsp3) is 0.333. The van der Waals surface area contributed by atoms with Crippen LogP contribution in [-0.2, 0) is 16.4 Å². The van der Waals surface area contributed by atoms with Crippen molar-refractivity contribution in [1.82, 2.24) is 10.3 Å². The molecule has 8 heteroatoms. The Morgan fingerprint density at radius 2 is 2.13 bits per heavy atom. The summed E-state index contributed by atoms with van der Waals surface area (Å²) >= 11 is 4.79. The van der Waals surface area contributed by atoms with Crippen LogP contribution in [0.1, 0.15) is 29.7 Å². The van der Waals surface area contributed by atoms with Gasteiger partial charge in [0.25, 0.3) is 10.0 Å². The molecule has 0 saturated heterocycles. The van der Waals surface area contributed by atoms with Crippen molar-refractivity contribution < 1.29 is 8.42 Å². The third-order valence-electron chi connectivity index (χ3n) is 3.66. The zero-order valence-electron chi connectivity index (χ0n) is 12.5. The van der Waals surface area contributed by atoms with Gasteiger partial charge in [-0.2, -0.15) is 19.8 Å². The Labute approximate surface area is 148 Å². The molecule has 23 heavy (non-hydrogen) atoms. The van der Waals surface area contributed by atoms with Crippen LogP contribution in [0.15, 0.2) is 36.8 Å². The van der Waals surface area contributed by atoms with Crippen LogP contribution < -0.4 is 5.32 Å². The zero-order valence-corrected chi connectivity index (χ0v) is 15.8. The van der Waals surface area contributed by atoms with Crippen LogP contribution in [0.3, 0.4) is 0 Å². The summed E-state index contributed by atoms with van der Waals surface area (Å²) in [6, 6.07) is 2.07. The molecule has 0 radical (unpaired) electrons. The predicted molar refractivity (Wildman–Crippen MR) is 95.7 cm³/mol. The minimum absolute atomic E-state index is 0.319. The monoisotopic (exact) mass is 413 g/mol. The van der Waals surface area contributed by atoms with Gasteiger partial charge >= 0.3 is 0 Å². The van der Waals surface area contributed by atoms with Crippen LogP contribution in [0.2, 0.25) is 0 Å². The maximum absolute atomic E-state index is 11.8. The average Bonchev–Trinajstić information content (AvgIpc) is 3.05. The van der Waals surface area contributed by atoms with Crippen molar-refractivity contribution in [3.05, 3.63) is 44.3 Å². The first kappa shape index (κ1) is 16.6. The van der Waals surface area contributed by atoms with Crippen molar-refractivity contribution in [1.29, 1.82) is 0 Å². The van der Waals surface area contributed by atoms with E-state index >= 15 is 0 Å². The highest BCUT2D eigenvalue weighted by molar-refractivity contribution is 9.10. The molecule has 0 saturated carbocycles. The minimum atomic E-state index is -3.49. The Morgan fingerprint density at radius 3 is 2.91 bits per heavy atom. The van der Waals surface area contributed by atoms with Gasteiger partial charge in [0.15, 0.2) is 0 Å². The Morgan fingerprint density at radius 1 is 1.30 bits per heavy atom. The lowest BCUT2D eigenvalue weighted by molar-refractivity contribution is 0.599. The van der Waals surface area contributed by atoms with Crippen molar-refractivity contribution in [2.24, 2.45) is 4.40 Å². The van der Waals surface area contributed by atoms with E-state index in [4.69, 9.17) is 0 Å². The van der Waals surface area contributed by atoms with E-state index in [1.165, 1.54) is 16.9 Å². The number of unbranched alkanes of at least 4 members (excludes halogenated alkanes) is 1. The second-order valence-corrected chi connectivity index (χ2v) is 8.60. The summed E-state index contributed by atoms with van der Waals surface area (Å²) in [5, 5.41) is 6.59. The largest absolute Gasteiger partial charge is 0.369 e. The minimum Gasteiger partial charge on any atom is -0.369 e. The van der Waals surface area contributed by atoms with Crippen LogP contribution >= 0.6 is 27.3 Å². The van der Waals surface area contributed by atoms with Crippen molar-refractivity contribution in [3.8, 4) is 0 Å². The molecule has 0 aromatic carbocycles. The highest BCUT2D eigenvalue weighted by Crippen LogP contribution is 2.28. The number of fused-ring (bicyclic) bond motifs is 1. The molecule has 0 amide bonds. The molecule has 0 spiro atoms. The molecule has 1 N–H and O–H groups in total. The molecular formula is C15H16BrN3O2S2. The second-order valence-electron chi connectivity index (χ2n) is 5.37. The third kappa shape index (κ3) is 3.64. The number of aryl methyl sites for hydroxylation is 2. The number of hydrogen-bond acceptors (Lipinski definition) is 5. The van der Waals surface area contributed by atoms with E-state index < -0.39 is 10.0 Å². The highest BCUT2D eigenvalue weighted by Gasteiger charge is 2.29. The molecule has 0 bridgehead atoms. The number of aromatic nitrogens is 1. The molecule has 2 aromatic rings. The number of rotatable bonds is 5. The number of amidine groups is 1. The third-order valence-corrected chi connectivity index (χ3v) is 6.30. The van der Waals surface area contributed by atoms with Crippen LogP contribution in [-0.4, -0.2) is 25.8 Å². The van der Waals surface area contributed by atoms with Gasteiger partial charge in [0.05, 0.1) is 0 Å². The topological polar surface area (TPSA) is 71.4 Å². The number of nitrogens with one attached hydrogen (secondary N) is 1. The molecule has 5 nitrogen and oxygen atoms in total. The summed E-state index contributed by atoms with van der Waals surface area (Å²) in [6.07, 6.45) is 4.64. The quantitative estimate of drug-likeness (QED) is 0.763. The lowest BCUT2D eigenvalue weighted by Gasteiger charge is -2.07. The SMILES string of the molecule is Cc1cc(Br)cnc1CCCCNC1=NS(=O)(=O)c2cscc21. The number of thiophene rings is 1. The average molecular weight is 414 g/mol. The summed E-state index contributed by atoms with van der Waals surface area (Å²) < 4.78 is 28.4. The van der Waals surface area contributed by atoms with Crippen LogP contribution in [0.5, 0.6) is 0 Å². The van der Waals surface area contributed by atoms with Crippen molar-refractivity contribution >= 4 is 43.1 Å². The molecule has 3 heterocycles. The Hall–Kier alpha value is -1.25. The molecule has 3 rings (SSSR count). The molecule has 0 fully saturated rings. The van der Waals surface area contributed by atoms with E-state index in [1.807, 2.05) is 11.6 Å². The molecule has 1 aliphatic heterocycles. The number of pyridine rings is 1. The van der Waals surface area contributed by atoms with E-state index in [0.717, 1.165) is 29.4 Å². The van der Waals surface area contributed by atoms with Crippen LogP contribution in [0.4, 0.5) is 0 Å². The number of hydrogen-bond donors (Lipinski definition) is 1. The lowest BCUT2D eigenvalue weighted by Crippen LogP contribution is -2.24. The lowest BCUT2D eigenvalue weighted by atomic mass is 10.1. The number of nitrogens with zero attached hydrogens (tertiary/aromatic N) is 2. The predicted octanol–water partition coefficient (Wildman–Crippen LogP) is 3.28. The van der Waals surface area contributed by atoms with Crippen molar-refractivity contribution in [2.45, 2.75) is 31.1 Å². The first-order valence-electron chi connectivity index (χ1n) is 7.24. The Bertz CT molecular complexity index is 859. The van der Waals surface area contributed by atoms with Gasteiger partial charge in [-0.3, -0.25) is 4.98 Å². The van der Waals surface area contributed by atoms with Gasteiger partial charge in [-0.05, 0) is 53.7 Å². The standard InChI is InChI=1S/C15H16BrN3O2S2/c1-10-6-11(16)7-18-13(10)4-2-3-5-17-15-12-8-22-9-14(12)23(20,21)19-15/h6-9H,2-5H2,1H3,(H,17,19). The number of halogens is 1. The molecule has 0 atom stereocenters. The first-order chi connectivity index (χ1) is 11.0. The van der Waals surface area contributed by atoms with Gasteiger partial charge in [-0.1, -0.05) is 0 Å². The smallest absolute Gasteiger partial charge is 0.285 e. The van der Waals surface area contributed by atoms with Gasteiger partial charge < -0.3 is 5.32 Å². The Kier molecular flexibility index (Phi) is 4.84. The molecular weight excluding hydrogens is 398 g/mol. The van der Waals surface area contributed by atoms with E-state index in [1.54, 1.807) is 5.38 Å². The summed E-state index contributed by atoms with van der Waals surface area (Å²) in [6.45, 7) is 2.75. The van der Waals surface area contributed by atoms with E-state index in [-0.39, 0.29) is 0 Å². The summed E-state index contributed by atoms with van der Waals surface area (Å²) in [5.41, 5.74) is 2.98. The van der Waals surface area contributed by atoms with Gasteiger partial charge in [0, 0.05) is 39.2 Å². The maximum Gasteiger partial charge on any atom is 0.285 e. The van der Waals surface area contributed by atoms with Crippen molar-refractivity contribution in [3.63, 3.8) is 0 Å². The fourth-order valence-corrected chi connectivity index (χ4v) is 5.26. The van der Waals surface area contributed by atoms with Gasteiger partial charge in [0.1, 0.15) is 10.7 Å². The first-order valence-corrected chi connectivity index (χ1v) is 10.4. The highest BCUT2D eigenvalue weighted by atomic mass is 79.9. The summed E-state index contributed by atoms with van der Waals surface area (Å²) in [7, 11) is -3.49. The summed E-state index contributed by atoms with van der Waals surface area (Å²) in [5.74, 6) is 0.471. The van der Waals surface area contributed by atoms with Crippen LogP contribution in [0, 0.1) is 6.92 Å². The maximum atomic E-state index is 11.8. The van der Waals surface area contributed by atoms with Gasteiger partial charge in [-0.25, -0.2) is 0 Å². The Balaban J connectivity index is 1.50. The molecule has 1 aliphatic rings. The molecule has 0 unspecified atom stereocenters. The molecule has 0 aliphatic carbocycles. The molecule has 2 aromatic heterocycles. The number of sulfonamides is 1. The summed E-state index contributed by atoms with van der Waals surface area (Å²) in [4.78, 5) is 4.74. The molecule has 122 valence electrons.